The molecule has 1 aromatic heterocycles. The molecule has 1 unspecified atom stereocenters. The van der Waals surface area contributed by atoms with Crippen LogP contribution in [0.5, 0.6) is 5.75 Å². The molecule has 32 heavy (non-hydrogen) atoms. The highest BCUT2D eigenvalue weighted by atomic mass is 16.5. The second kappa shape index (κ2) is 10.9. The van der Waals surface area contributed by atoms with Gasteiger partial charge in [0, 0.05) is 37.4 Å². The molecule has 3 N–H and O–H groups in total. The van der Waals surface area contributed by atoms with E-state index in [2.05, 4.69) is 22.5 Å². The number of anilines is 2. The van der Waals surface area contributed by atoms with Crippen LogP contribution in [0.3, 0.4) is 0 Å². The van der Waals surface area contributed by atoms with Gasteiger partial charge in [0.1, 0.15) is 30.1 Å². The number of ether oxygens (including phenoxy) is 3. The molecule has 2 atom stereocenters. The van der Waals surface area contributed by atoms with E-state index in [0.29, 0.717) is 37.9 Å². The summed E-state index contributed by atoms with van der Waals surface area (Å²) in [6.07, 6.45) is 0.390. The van der Waals surface area contributed by atoms with E-state index in [1.54, 1.807) is 7.05 Å². The molecule has 0 saturated carbocycles. The van der Waals surface area contributed by atoms with Crippen molar-refractivity contribution in [3.8, 4) is 17.1 Å². The van der Waals surface area contributed by atoms with Crippen molar-refractivity contribution >= 4 is 11.6 Å². The van der Waals surface area contributed by atoms with Gasteiger partial charge in [0.2, 0.25) is 0 Å². The van der Waals surface area contributed by atoms with Crippen molar-refractivity contribution in [3.63, 3.8) is 0 Å². The molecule has 9 nitrogen and oxygen atoms in total. The number of morpholine rings is 1. The van der Waals surface area contributed by atoms with Crippen LogP contribution in [0.15, 0.2) is 24.3 Å². The predicted molar refractivity (Wildman–Crippen MR) is 124 cm³/mol. The molecule has 2 aliphatic heterocycles. The van der Waals surface area contributed by atoms with Crippen LogP contribution >= 0.6 is 0 Å². The number of rotatable bonds is 9. The van der Waals surface area contributed by atoms with Crippen LogP contribution in [0.25, 0.3) is 11.4 Å². The smallest absolute Gasteiger partial charge is 0.164 e. The first kappa shape index (κ1) is 22.7. The second-order valence-electron chi connectivity index (χ2n) is 8.20. The van der Waals surface area contributed by atoms with Crippen LogP contribution in [0.1, 0.15) is 12.0 Å². The number of aliphatic hydroxyl groups is 1. The van der Waals surface area contributed by atoms with Gasteiger partial charge in [-0.3, -0.25) is 0 Å². The summed E-state index contributed by atoms with van der Waals surface area (Å²) in [7, 11) is 1.80. The molecule has 0 amide bonds. The Labute approximate surface area is 189 Å². The van der Waals surface area contributed by atoms with Gasteiger partial charge < -0.3 is 34.9 Å². The zero-order valence-corrected chi connectivity index (χ0v) is 18.8. The van der Waals surface area contributed by atoms with E-state index in [0.717, 1.165) is 48.9 Å². The number of hydrogen-bond donors (Lipinski definition) is 3. The fourth-order valence-electron chi connectivity index (χ4n) is 3.91. The van der Waals surface area contributed by atoms with Gasteiger partial charge in [-0.1, -0.05) is 12.1 Å². The topological polar surface area (TPSA) is 101 Å². The van der Waals surface area contributed by atoms with Crippen LogP contribution in [-0.2, 0) is 9.47 Å². The molecule has 2 aliphatic rings. The number of nitrogens with zero attached hydrogens (tertiary/aromatic N) is 3. The molecule has 0 spiro atoms. The van der Waals surface area contributed by atoms with Gasteiger partial charge in [0.15, 0.2) is 5.82 Å². The Kier molecular flexibility index (Phi) is 7.75. The molecular weight excluding hydrogens is 410 g/mol. The number of benzene rings is 1. The Bertz CT molecular complexity index is 885. The Morgan fingerprint density at radius 2 is 2.06 bits per heavy atom. The molecule has 0 aliphatic carbocycles. The molecule has 2 saturated heterocycles. The summed E-state index contributed by atoms with van der Waals surface area (Å²) in [5, 5.41) is 16.4. The third-order valence-electron chi connectivity index (χ3n) is 5.68. The second-order valence-corrected chi connectivity index (χ2v) is 8.20. The maximum Gasteiger partial charge on any atom is 0.164 e. The lowest BCUT2D eigenvalue weighted by molar-refractivity contribution is 0.108. The summed E-state index contributed by atoms with van der Waals surface area (Å²) in [5.74, 6) is 3.08. The predicted octanol–water partition coefficient (Wildman–Crippen LogP) is 1.45. The molecular formula is C23H33N5O4. The standard InChI is InChI=1S/C23H33N5O4/c1-16-21(25-18-6-9-31-14-18)26-22(27-23(16)28-7-10-30-11-8-28)17-4-3-5-20(12-17)32-15-19(29)13-24-2/h3-5,12,18-19,24,29H,6-11,13-15H2,1-2H3,(H,25,26,27)/t18-,19?/m0/s1. The molecule has 9 heteroatoms. The molecule has 4 rings (SSSR count). The SMILES string of the molecule is CNCC(O)COc1cccc(-c2nc(N[C@H]3CCOC3)c(C)c(N3CCOCC3)n2)c1. The van der Waals surface area contributed by atoms with Crippen molar-refractivity contribution in [3.05, 3.63) is 29.8 Å². The normalized spacial score (nSPS) is 19.7. The highest BCUT2D eigenvalue weighted by Crippen LogP contribution is 2.30. The van der Waals surface area contributed by atoms with Gasteiger partial charge in [0.05, 0.1) is 25.9 Å². The van der Waals surface area contributed by atoms with Gasteiger partial charge >= 0.3 is 0 Å². The molecule has 2 fully saturated rings. The van der Waals surface area contributed by atoms with E-state index in [-0.39, 0.29) is 12.6 Å². The van der Waals surface area contributed by atoms with Crippen molar-refractivity contribution in [1.29, 1.82) is 0 Å². The molecule has 174 valence electrons. The maximum absolute atomic E-state index is 9.93. The van der Waals surface area contributed by atoms with E-state index in [1.807, 2.05) is 24.3 Å². The minimum atomic E-state index is -0.573. The molecule has 0 radical (unpaired) electrons. The Morgan fingerprint density at radius 1 is 1.22 bits per heavy atom. The zero-order chi connectivity index (χ0) is 22.3. The third-order valence-corrected chi connectivity index (χ3v) is 5.68. The fraction of sp³-hybridized carbons (Fsp3) is 0.565. The van der Waals surface area contributed by atoms with E-state index < -0.39 is 6.10 Å². The summed E-state index contributed by atoms with van der Waals surface area (Å²) in [4.78, 5) is 12.1. The number of aromatic nitrogens is 2. The first-order valence-corrected chi connectivity index (χ1v) is 11.3. The van der Waals surface area contributed by atoms with Gasteiger partial charge in [-0.05, 0) is 32.5 Å². The zero-order valence-electron chi connectivity index (χ0n) is 18.8. The highest BCUT2D eigenvalue weighted by Gasteiger charge is 2.23. The first-order valence-electron chi connectivity index (χ1n) is 11.3. The van der Waals surface area contributed by atoms with Crippen molar-refractivity contribution in [2.24, 2.45) is 0 Å². The molecule has 0 bridgehead atoms. The number of nitrogens with one attached hydrogen (secondary N) is 2. The number of likely N-dealkylation sites (N-methyl/N-ethyl adjacent to an activating group) is 1. The maximum atomic E-state index is 9.93. The number of hydrogen-bond acceptors (Lipinski definition) is 9. The summed E-state index contributed by atoms with van der Waals surface area (Å²) >= 11 is 0. The van der Waals surface area contributed by atoms with Crippen LogP contribution < -0.4 is 20.3 Å². The van der Waals surface area contributed by atoms with Crippen molar-refractivity contribution in [1.82, 2.24) is 15.3 Å². The summed E-state index contributed by atoms with van der Waals surface area (Å²) < 4.78 is 16.9. The highest BCUT2D eigenvalue weighted by molar-refractivity contribution is 5.67. The minimum Gasteiger partial charge on any atom is -0.491 e. The lowest BCUT2D eigenvalue weighted by atomic mass is 10.1. The van der Waals surface area contributed by atoms with E-state index in [1.165, 1.54) is 0 Å². The van der Waals surface area contributed by atoms with Gasteiger partial charge in [-0.25, -0.2) is 9.97 Å². The van der Waals surface area contributed by atoms with Crippen molar-refractivity contribution in [2.75, 3.05) is 69.9 Å². The third kappa shape index (κ3) is 5.66. The Hall–Kier alpha value is -2.46. The first-order chi connectivity index (χ1) is 15.6. The average molecular weight is 444 g/mol. The quantitative estimate of drug-likeness (QED) is 0.532. The molecule has 3 heterocycles. The van der Waals surface area contributed by atoms with Crippen molar-refractivity contribution in [2.45, 2.75) is 25.5 Å². The fourth-order valence-corrected chi connectivity index (χ4v) is 3.91. The van der Waals surface area contributed by atoms with Gasteiger partial charge in [-0.2, -0.15) is 0 Å². The Morgan fingerprint density at radius 3 is 2.81 bits per heavy atom. The largest absolute Gasteiger partial charge is 0.491 e. The van der Waals surface area contributed by atoms with Crippen LogP contribution in [0.4, 0.5) is 11.6 Å². The Balaban J connectivity index is 1.62. The van der Waals surface area contributed by atoms with Gasteiger partial charge in [0.25, 0.3) is 0 Å². The minimum absolute atomic E-state index is 0.215. The molecule has 1 aromatic carbocycles. The van der Waals surface area contributed by atoms with Gasteiger partial charge in [-0.15, -0.1) is 0 Å². The number of aliphatic hydroxyl groups excluding tert-OH is 1. The summed E-state index contributed by atoms with van der Waals surface area (Å²) in [5.41, 5.74) is 1.90. The lowest BCUT2D eigenvalue weighted by Crippen LogP contribution is -2.37. The van der Waals surface area contributed by atoms with Crippen molar-refractivity contribution < 1.29 is 19.3 Å². The molecule has 2 aromatic rings. The van der Waals surface area contributed by atoms with Crippen LogP contribution in [0, 0.1) is 6.92 Å². The van der Waals surface area contributed by atoms with Crippen LogP contribution in [-0.4, -0.2) is 86.9 Å². The van der Waals surface area contributed by atoms with Crippen LogP contribution in [0.2, 0.25) is 0 Å². The monoisotopic (exact) mass is 443 g/mol. The average Bonchev–Trinajstić information content (AvgIpc) is 3.33. The summed E-state index contributed by atoms with van der Waals surface area (Å²) in [6, 6.07) is 7.94. The summed E-state index contributed by atoms with van der Waals surface area (Å²) in [6.45, 7) is 7.19. The lowest BCUT2D eigenvalue weighted by Gasteiger charge is -2.30. The van der Waals surface area contributed by atoms with E-state index in [9.17, 15) is 5.11 Å². The van der Waals surface area contributed by atoms with E-state index >= 15 is 0 Å². The van der Waals surface area contributed by atoms with E-state index in [4.69, 9.17) is 24.2 Å².